The first-order valence-electron chi connectivity index (χ1n) is 8.41. The normalized spacial score (nSPS) is 11.8. The second-order valence-electron chi connectivity index (χ2n) is 5.79. The molecule has 27 heavy (non-hydrogen) atoms. The number of aromatic nitrogens is 1. The standard InChI is InChI=1S/C19H19N3O3S2/c1-3-15(18(23)21-17-10-12(2)25-22-17)27-14-7-4-6-13(11-14)20-19(24)16-8-5-9-26-16/h4-11,15H,3H2,1-2H3,(H,20,24)(H,21,22,23). The van der Waals surface area contributed by atoms with Gasteiger partial charge in [0.05, 0.1) is 10.1 Å². The van der Waals surface area contributed by atoms with E-state index < -0.39 is 0 Å². The molecule has 2 amide bonds. The van der Waals surface area contributed by atoms with E-state index in [4.69, 9.17) is 4.52 Å². The number of nitrogens with one attached hydrogen (secondary N) is 2. The van der Waals surface area contributed by atoms with E-state index in [1.807, 2.05) is 42.6 Å². The third-order valence-corrected chi connectivity index (χ3v) is 5.88. The zero-order valence-electron chi connectivity index (χ0n) is 14.9. The van der Waals surface area contributed by atoms with Crippen molar-refractivity contribution in [3.63, 3.8) is 0 Å². The maximum atomic E-state index is 12.5. The summed E-state index contributed by atoms with van der Waals surface area (Å²) in [6.45, 7) is 3.72. The summed E-state index contributed by atoms with van der Waals surface area (Å²) in [6, 6.07) is 12.8. The van der Waals surface area contributed by atoms with Crippen molar-refractivity contribution in [2.24, 2.45) is 0 Å². The molecule has 1 unspecified atom stereocenters. The Labute approximate surface area is 165 Å². The van der Waals surface area contributed by atoms with Gasteiger partial charge in [-0.25, -0.2) is 0 Å². The second kappa shape index (κ2) is 8.88. The van der Waals surface area contributed by atoms with E-state index >= 15 is 0 Å². The lowest BCUT2D eigenvalue weighted by Gasteiger charge is -2.14. The highest BCUT2D eigenvalue weighted by molar-refractivity contribution is 8.00. The number of thioether (sulfide) groups is 1. The summed E-state index contributed by atoms with van der Waals surface area (Å²) in [5.41, 5.74) is 0.695. The zero-order chi connectivity index (χ0) is 19.2. The van der Waals surface area contributed by atoms with E-state index in [9.17, 15) is 9.59 Å². The van der Waals surface area contributed by atoms with Crippen LogP contribution in [0.5, 0.6) is 0 Å². The van der Waals surface area contributed by atoms with Crippen molar-refractivity contribution in [2.75, 3.05) is 10.6 Å². The fourth-order valence-electron chi connectivity index (χ4n) is 2.37. The fourth-order valence-corrected chi connectivity index (χ4v) is 4.00. The Hall–Kier alpha value is -2.58. The van der Waals surface area contributed by atoms with Crippen LogP contribution in [0.25, 0.3) is 0 Å². The first kappa shape index (κ1) is 19.2. The topological polar surface area (TPSA) is 84.2 Å². The largest absolute Gasteiger partial charge is 0.360 e. The minimum atomic E-state index is -0.287. The van der Waals surface area contributed by atoms with Crippen LogP contribution < -0.4 is 10.6 Å². The number of hydrogen-bond acceptors (Lipinski definition) is 6. The van der Waals surface area contributed by atoms with Gasteiger partial charge in [0.1, 0.15) is 5.76 Å². The molecule has 2 heterocycles. The maximum Gasteiger partial charge on any atom is 0.265 e. The number of benzene rings is 1. The van der Waals surface area contributed by atoms with Gasteiger partial charge in [0, 0.05) is 16.6 Å². The number of aryl methyl sites for hydroxylation is 1. The smallest absolute Gasteiger partial charge is 0.265 e. The Morgan fingerprint density at radius 3 is 2.74 bits per heavy atom. The lowest BCUT2D eigenvalue weighted by molar-refractivity contribution is -0.115. The summed E-state index contributed by atoms with van der Waals surface area (Å²) in [7, 11) is 0. The second-order valence-corrected chi connectivity index (χ2v) is 8.01. The van der Waals surface area contributed by atoms with Crippen LogP contribution in [-0.2, 0) is 4.79 Å². The highest BCUT2D eigenvalue weighted by Gasteiger charge is 2.19. The summed E-state index contributed by atoms with van der Waals surface area (Å²) < 4.78 is 4.97. The van der Waals surface area contributed by atoms with Crippen LogP contribution in [-0.4, -0.2) is 22.2 Å². The SMILES string of the molecule is CCC(Sc1cccc(NC(=O)c2cccs2)c1)C(=O)Nc1cc(C)on1. The summed E-state index contributed by atoms with van der Waals surface area (Å²) in [6.07, 6.45) is 0.652. The molecule has 0 fully saturated rings. The van der Waals surface area contributed by atoms with Crippen molar-refractivity contribution in [2.45, 2.75) is 30.4 Å². The third kappa shape index (κ3) is 5.21. The Morgan fingerprint density at radius 1 is 1.22 bits per heavy atom. The zero-order valence-corrected chi connectivity index (χ0v) is 16.5. The van der Waals surface area contributed by atoms with Crippen LogP contribution in [0.2, 0.25) is 0 Å². The summed E-state index contributed by atoms with van der Waals surface area (Å²) in [5.74, 6) is 0.774. The fraction of sp³-hybridized carbons (Fsp3) is 0.211. The average molecular weight is 402 g/mol. The van der Waals surface area contributed by atoms with Gasteiger partial charge in [-0.05, 0) is 43.0 Å². The Morgan fingerprint density at radius 2 is 2.07 bits per heavy atom. The van der Waals surface area contributed by atoms with Gasteiger partial charge in [-0.1, -0.05) is 24.2 Å². The van der Waals surface area contributed by atoms with Gasteiger partial charge in [0.15, 0.2) is 5.82 Å². The summed E-state index contributed by atoms with van der Waals surface area (Å²) in [5, 5.41) is 11.0. The van der Waals surface area contributed by atoms with Crippen molar-refractivity contribution in [1.82, 2.24) is 5.16 Å². The van der Waals surface area contributed by atoms with Crippen LogP contribution in [0.15, 0.2) is 57.3 Å². The molecule has 6 nitrogen and oxygen atoms in total. The van der Waals surface area contributed by atoms with Crippen LogP contribution in [0.3, 0.4) is 0 Å². The van der Waals surface area contributed by atoms with Crippen LogP contribution in [0, 0.1) is 6.92 Å². The minimum Gasteiger partial charge on any atom is -0.360 e. The van der Waals surface area contributed by atoms with Crippen molar-refractivity contribution in [3.05, 3.63) is 58.5 Å². The molecule has 2 aromatic heterocycles. The molecule has 0 radical (unpaired) electrons. The highest BCUT2D eigenvalue weighted by Crippen LogP contribution is 2.29. The monoisotopic (exact) mass is 401 g/mol. The Bertz CT molecular complexity index is 922. The minimum absolute atomic E-state index is 0.135. The number of rotatable bonds is 7. The van der Waals surface area contributed by atoms with Crippen molar-refractivity contribution < 1.29 is 14.1 Å². The average Bonchev–Trinajstić information content (AvgIpc) is 3.32. The van der Waals surface area contributed by atoms with Crippen molar-refractivity contribution in [3.8, 4) is 0 Å². The van der Waals surface area contributed by atoms with Gasteiger partial charge in [-0.2, -0.15) is 0 Å². The number of anilines is 2. The number of hydrogen-bond donors (Lipinski definition) is 2. The highest BCUT2D eigenvalue weighted by atomic mass is 32.2. The predicted octanol–water partition coefficient (Wildman–Crippen LogP) is 4.81. The quantitative estimate of drug-likeness (QED) is 0.555. The van der Waals surface area contributed by atoms with Crippen LogP contribution in [0.4, 0.5) is 11.5 Å². The van der Waals surface area contributed by atoms with Crippen molar-refractivity contribution >= 4 is 46.4 Å². The first-order chi connectivity index (χ1) is 13.0. The maximum absolute atomic E-state index is 12.5. The van der Waals surface area contributed by atoms with E-state index in [0.29, 0.717) is 28.6 Å². The molecule has 1 aromatic carbocycles. The number of thiophene rings is 1. The van der Waals surface area contributed by atoms with Gasteiger partial charge < -0.3 is 15.2 Å². The van der Waals surface area contributed by atoms with Gasteiger partial charge in [0.2, 0.25) is 5.91 Å². The Balaban J connectivity index is 1.64. The first-order valence-corrected chi connectivity index (χ1v) is 10.2. The molecule has 0 bridgehead atoms. The van der Waals surface area contributed by atoms with E-state index in [1.54, 1.807) is 19.1 Å². The number of carbonyl (C=O) groups excluding carboxylic acids is 2. The lowest BCUT2D eigenvalue weighted by Crippen LogP contribution is -2.24. The lowest BCUT2D eigenvalue weighted by atomic mass is 10.3. The molecule has 3 aromatic rings. The van der Waals surface area contributed by atoms with Gasteiger partial charge in [-0.15, -0.1) is 23.1 Å². The van der Waals surface area contributed by atoms with Gasteiger partial charge in [-0.3, -0.25) is 9.59 Å². The molecule has 1 atom stereocenters. The van der Waals surface area contributed by atoms with Crippen LogP contribution in [0.1, 0.15) is 28.8 Å². The molecule has 3 rings (SSSR count). The molecule has 0 aliphatic carbocycles. The molecule has 2 N–H and O–H groups in total. The van der Waals surface area contributed by atoms with Crippen LogP contribution >= 0.6 is 23.1 Å². The van der Waals surface area contributed by atoms with Gasteiger partial charge in [0.25, 0.3) is 5.91 Å². The van der Waals surface area contributed by atoms with E-state index in [2.05, 4.69) is 15.8 Å². The van der Waals surface area contributed by atoms with E-state index in [0.717, 1.165) is 4.90 Å². The molecule has 0 saturated carbocycles. The number of amides is 2. The molecule has 0 spiro atoms. The summed E-state index contributed by atoms with van der Waals surface area (Å²) in [4.78, 5) is 26.2. The number of nitrogens with zero attached hydrogens (tertiary/aromatic N) is 1. The molecular weight excluding hydrogens is 382 g/mol. The molecule has 0 aliphatic rings. The molecule has 8 heteroatoms. The predicted molar refractivity (Wildman–Crippen MR) is 109 cm³/mol. The van der Waals surface area contributed by atoms with Crippen molar-refractivity contribution in [1.29, 1.82) is 0 Å². The third-order valence-electron chi connectivity index (χ3n) is 3.66. The van der Waals surface area contributed by atoms with E-state index in [1.165, 1.54) is 23.1 Å². The molecule has 0 aliphatic heterocycles. The molecule has 0 saturated heterocycles. The van der Waals surface area contributed by atoms with Gasteiger partial charge >= 0.3 is 0 Å². The summed E-state index contributed by atoms with van der Waals surface area (Å²) >= 11 is 2.83. The molecule has 140 valence electrons. The molecular formula is C19H19N3O3S2. The number of carbonyl (C=O) groups is 2. The van der Waals surface area contributed by atoms with E-state index in [-0.39, 0.29) is 17.1 Å². The Kier molecular flexibility index (Phi) is 6.31.